The van der Waals surface area contributed by atoms with Crippen LogP contribution in [0.1, 0.15) is 36.7 Å². The third-order valence-corrected chi connectivity index (χ3v) is 4.49. The Morgan fingerprint density at radius 1 is 1.43 bits per heavy atom. The van der Waals surface area contributed by atoms with E-state index >= 15 is 0 Å². The predicted octanol–water partition coefficient (Wildman–Crippen LogP) is 3.34. The van der Waals surface area contributed by atoms with Gasteiger partial charge in [-0.25, -0.2) is 0 Å². The van der Waals surface area contributed by atoms with E-state index in [0.717, 1.165) is 24.8 Å². The monoisotopic (exact) mass is 333 g/mol. The molecular formula is C17H20ClN3O2. The summed E-state index contributed by atoms with van der Waals surface area (Å²) >= 11 is 5.99. The second-order valence-corrected chi connectivity index (χ2v) is 6.44. The van der Waals surface area contributed by atoms with Crippen molar-refractivity contribution in [1.82, 2.24) is 10.1 Å². The molecule has 0 aliphatic carbocycles. The summed E-state index contributed by atoms with van der Waals surface area (Å²) in [6, 6.07) is 8.96. The van der Waals surface area contributed by atoms with E-state index in [1.807, 2.05) is 24.0 Å². The molecule has 0 spiro atoms. The molecule has 0 saturated carbocycles. The number of amides is 1. The van der Waals surface area contributed by atoms with Gasteiger partial charge < -0.3 is 15.2 Å². The first-order valence-corrected chi connectivity index (χ1v) is 8.23. The first-order chi connectivity index (χ1) is 11.1. The fraction of sp³-hybridized carbons (Fsp3) is 0.412. The van der Waals surface area contributed by atoms with E-state index in [1.165, 1.54) is 0 Å². The Morgan fingerprint density at radius 2 is 2.26 bits per heavy atom. The topological polar surface area (TPSA) is 72.4 Å². The van der Waals surface area contributed by atoms with Crippen molar-refractivity contribution in [2.24, 2.45) is 5.73 Å². The van der Waals surface area contributed by atoms with Gasteiger partial charge in [0.15, 0.2) is 0 Å². The van der Waals surface area contributed by atoms with Gasteiger partial charge in [0, 0.05) is 35.3 Å². The molecule has 2 N–H and O–H groups in total. The van der Waals surface area contributed by atoms with Crippen LogP contribution in [0.3, 0.4) is 0 Å². The van der Waals surface area contributed by atoms with Crippen molar-refractivity contribution in [2.45, 2.75) is 38.3 Å². The number of halogens is 1. The van der Waals surface area contributed by atoms with Crippen molar-refractivity contribution in [3.05, 3.63) is 41.1 Å². The highest BCUT2D eigenvalue weighted by atomic mass is 35.5. The van der Waals surface area contributed by atoms with Crippen LogP contribution in [0.15, 0.2) is 34.9 Å². The summed E-state index contributed by atoms with van der Waals surface area (Å²) < 4.78 is 5.28. The minimum absolute atomic E-state index is 0.0518. The van der Waals surface area contributed by atoms with Crippen molar-refractivity contribution in [1.29, 1.82) is 0 Å². The summed E-state index contributed by atoms with van der Waals surface area (Å²) in [4.78, 5) is 14.6. The van der Waals surface area contributed by atoms with E-state index < -0.39 is 0 Å². The van der Waals surface area contributed by atoms with Gasteiger partial charge in [-0.05, 0) is 38.3 Å². The second-order valence-electron chi connectivity index (χ2n) is 6.01. The first-order valence-electron chi connectivity index (χ1n) is 7.85. The third-order valence-electron chi connectivity index (χ3n) is 4.26. The molecule has 3 rings (SSSR count). The molecule has 23 heavy (non-hydrogen) atoms. The summed E-state index contributed by atoms with van der Waals surface area (Å²) in [5.74, 6) is 0.0975. The molecule has 1 aliphatic heterocycles. The Labute approximate surface area is 140 Å². The molecule has 5 nitrogen and oxygen atoms in total. The molecule has 1 saturated heterocycles. The normalized spacial score (nSPS) is 19.6. The van der Waals surface area contributed by atoms with Crippen LogP contribution in [0.5, 0.6) is 0 Å². The fourth-order valence-electron chi connectivity index (χ4n) is 3.06. The molecule has 1 aromatic heterocycles. The molecule has 2 atom stereocenters. The lowest BCUT2D eigenvalue weighted by Crippen LogP contribution is -2.51. The van der Waals surface area contributed by atoms with Crippen LogP contribution < -0.4 is 5.73 Å². The number of rotatable bonds is 3. The van der Waals surface area contributed by atoms with E-state index in [4.69, 9.17) is 21.9 Å². The summed E-state index contributed by atoms with van der Waals surface area (Å²) in [6.45, 7) is 2.65. The smallest absolute Gasteiger partial charge is 0.292 e. The van der Waals surface area contributed by atoms with E-state index in [2.05, 4.69) is 5.16 Å². The number of nitrogens with zero attached hydrogens (tertiary/aromatic N) is 2. The number of hydrogen-bond acceptors (Lipinski definition) is 4. The molecule has 1 aliphatic rings. The quantitative estimate of drug-likeness (QED) is 0.935. The number of carbonyl (C=O) groups is 1. The fourth-order valence-corrected chi connectivity index (χ4v) is 3.25. The van der Waals surface area contributed by atoms with Crippen LogP contribution >= 0.6 is 11.6 Å². The Hall–Kier alpha value is -1.85. The molecule has 1 amide bonds. The minimum atomic E-state index is -0.146. The zero-order chi connectivity index (χ0) is 16.4. The van der Waals surface area contributed by atoms with Gasteiger partial charge in [-0.1, -0.05) is 28.9 Å². The van der Waals surface area contributed by atoms with E-state index in [9.17, 15) is 4.79 Å². The van der Waals surface area contributed by atoms with Crippen LogP contribution in [-0.2, 0) is 0 Å². The number of nitrogens with two attached hydrogens (primary N) is 1. The number of aromatic nitrogens is 1. The van der Waals surface area contributed by atoms with E-state index in [1.54, 1.807) is 18.2 Å². The number of benzene rings is 1. The lowest BCUT2D eigenvalue weighted by atomic mass is 9.96. The van der Waals surface area contributed by atoms with Gasteiger partial charge in [0.2, 0.25) is 5.76 Å². The van der Waals surface area contributed by atoms with Gasteiger partial charge in [-0.15, -0.1) is 0 Å². The van der Waals surface area contributed by atoms with Crippen LogP contribution in [-0.4, -0.2) is 34.6 Å². The van der Waals surface area contributed by atoms with E-state index in [0.29, 0.717) is 17.3 Å². The van der Waals surface area contributed by atoms with Crippen LogP contribution in [0.2, 0.25) is 5.02 Å². The van der Waals surface area contributed by atoms with Crippen molar-refractivity contribution in [2.75, 3.05) is 6.54 Å². The standard InChI is InChI=1S/C17H20ClN3O2/c1-11(19)15-7-2-3-8-21(15)17(22)16-10-14(20-23-16)12-5-4-6-13(18)9-12/h4-6,9-11,15H,2-3,7-8,19H2,1H3. The molecule has 122 valence electrons. The Balaban J connectivity index is 1.83. The summed E-state index contributed by atoms with van der Waals surface area (Å²) in [7, 11) is 0. The molecule has 1 aromatic carbocycles. The van der Waals surface area contributed by atoms with Crippen LogP contribution in [0, 0.1) is 0 Å². The van der Waals surface area contributed by atoms with Crippen molar-refractivity contribution < 1.29 is 9.32 Å². The maximum absolute atomic E-state index is 12.7. The number of piperidine rings is 1. The third kappa shape index (κ3) is 3.41. The first kappa shape index (κ1) is 16.0. The molecule has 0 bridgehead atoms. The average molecular weight is 334 g/mol. The van der Waals surface area contributed by atoms with Crippen molar-refractivity contribution in [3.8, 4) is 11.3 Å². The molecule has 6 heteroatoms. The second kappa shape index (κ2) is 6.72. The maximum Gasteiger partial charge on any atom is 0.292 e. The van der Waals surface area contributed by atoms with Gasteiger partial charge in [0.25, 0.3) is 5.91 Å². The summed E-state index contributed by atoms with van der Waals surface area (Å²) in [5.41, 5.74) is 7.46. The summed E-state index contributed by atoms with van der Waals surface area (Å²) in [6.07, 6.45) is 3.02. The summed E-state index contributed by atoms with van der Waals surface area (Å²) in [5, 5.41) is 4.62. The van der Waals surface area contributed by atoms with E-state index in [-0.39, 0.29) is 23.8 Å². The molecule has 0 radical (unpaired) electrons. The largest absolute Gasteiger partial charge is 0.350 e. The number of hydrogen-bond donors (Lipinski definition) is 1. The highest BCUT2D eigenvalue weighted by Gasteiger charge is 2.31. The van der Waals surface area contributed by atoms with Gasteiger partial charge >= 0.3 is 0 Å². The highest BCUT2D eigenvalue weighted by Crippen LogP contribution is 2.25. The van der Waals surface area contributed by atoms with Gasteiger partial charge in [0.1, 0.15) is 5.69 Å². The van der Waals surface area contributed by atoms with Crippen LogP contribution in [0.25, 0.3) is 11.3 Å². The highest BCUT2D eigenvalue weighted by molar-refractivity contribution is 6.30. The maximum atomic E-state index is 12.7. The van der Waals surface area contributed by atoms with Crippen molar-refractivity contribution >= 4 is 17.5 Å². The molecule has 2 aromatic rings. The number of carbonyl (C=O) groups excluding carboxylic acids is 1. The minimum Gasteiger partial charge on any atom is -0.350 e. The molecular weight excluding hydrogens is 314 g/mol. The molecule has 1 fully saturated rings. The lowest BCUT2D eigenvalue weighted by molar-refractivity contribution is 0.0542. The SMILES string of the molecule is CC(N)C1CCCCN1C(=O)c1cc(-c2cccc(Cl)c2)no1. The van der Waals surface area contributed by atoms with Gasteiger partial charge in [0.05, 0.1) is 0 Å². The molecule has 2 heterocycles. The Morgan fingerprint density at radius 3 is 3.00 bits per heavy atom. The van der Waals surface area contributed by atoms with Gasteiger partial charge in [-0.3, -0.25) is 4.79 Å². The Bertz CT molecular complexity index is 699. The number of likely N-dealkylation sites (tertiary alicyclic amines) is 1. The van der Waals surface area contributed by atoms with Crippen molar-refractivity contribution in [3.63, 3.8) is 0 Å². The van der Waals surface area contributed by atoms with Crippen LogP contribution in [0.4, 0.5) is 0 Å². The zero-order valence-electron chi connectivity index (χ0n) is 13.0. The predicted molar refractivity (Wildman–Crippen MR) is 89.3 cm³/mol. The zero-order valence-corrected chi connectivity index (χ0v) is 13.8. The molecule has 2 unspecified atom stereocenters. The lowest BCUT2D eigenvalue weighted by Gasteiger charge is -2.37. The average Bonchev–Trinajstić information content (AvgIpc) is 3.04. The van der Waals surface area contributed by atoms with Gasteiger partial charge in [-0.2, -0.15) is 0 Å². The Kier molecular flexibility index (Phi) is 4.68.